The molecule has 1 heterocycles. The minimum absolute atomic E-state index is 0.100. The highest BCUT2D eigenvalue weighted by Gasteiger charge is 2.48. The van der Waals surface area contributed by atoms with E-state index in [2.05, 4.69) is 0 Å². The molecule has 0 spiro atoms. The van der Waals surface area contributed by atoms with E-state index >= 15 is 0 Å². The Labute approximate surface area is 118 Å². The molecule has 2 rings (SSSR count). The fourth-order valence-electron chi connectivity index (χ4n) is 3.06. The molecule has 20 heavy (non-hydrogen) atoms. The molecule has 1 aliphatic heterocycles. The van der Waals surface area contributed by atoms with Crippen LogP contribution in [0.3, 0.4) is 0 Å². The Hall–Kier alpha value is -1.29. The molecule has 1 fully saturated rings. The van der Waals surface area contributed by atoms with Gasteiger partial charge in [-0.3, -0.25) is 4.79 Å². The highest BCUT2D eigenvalue weighted by atomic mass is 19.2. The number of carbonyl (C=O) groups is 1. The summed E-state index contributed by atoms with van der Waals surface area (Å²) >= 11 is 0. The molecular formula is C16H20F2O2. The van der Waals surface area contributed by atoms with Crippen molar-refractivity contribution in [2.24, 2.45) is 5.92 Å². The van der Waals surface area contributed by atoms with Crippen LogP contribution in [-0.2, 0) is 16.0 Å². The molecule has 0 aromatic heterocycles. The summed E-state index contributed by atoms with van der Waals surface area (Å²) in [5, 5.41) is 0. The molecule has 1 atom stereocenters. The SMILES string of the molecule is CC1(C)CC(C(=O)Cc2cccc(F)c2F)C(C)(C)O1. The number of benzene rings is 1. The van der Waals surface area contributed by atoms with Crippen LogP contribution in [0.1, 0.15) is 39.7 Å². The first kappa shape index (κ1) is 15.1. The van der Waals surface area contributed by atoms with Crippen molar-refractivity contribution in [2.75, 3.05) is 0 Å². The van der Waals surface area contributed by atoms with Crippen molar-refractivity contribution in [2.45, 2.75) is 51.7 Å². The van der Waals surface area contributed by atoms with Crippen LogP contribution < -0.4 is 0 Å². The summed E-state index contributed by atoms with van der Waals surface area (Å²) in [5.41, 5.74) is -0.843. The van der Waals surface area contributed by atoms with E-state index in [-0.39, 0.29) is 29.3 Å². The molecule has 0 aliphatic carbocycles. The largest absolute Gasteiger partial charge is 0.369 e. The van der Waals surface area contributed by atoms with Crippen molar-refractivity contribution < 1.29 is 18.3 Å². The summed E-state index contributed by atoms with van der Waals surface area (Å²) in [6.07, 6.45) is 0.493. The van der Waals surface area contributed by atoms with E-state index in [0.29, 0.717) is 6.42 Å². The van der Waals surface area contributed by atoms with E-state index in [1.807, 2.05) is 27.7 Å². The lowest BCUT2D eigenvalue weighted by Crippen LogP contribution is -2.34. The molecular weight excluding hydrogens is 262 g/mol. The molecule has 0 saturated carbocycles. The van der Waals surface area contributed by atoms with E-state index in [0.717, 1.165) is 6.07 Å². The number of rotatable bonds is 3. The van der Waals surface area contributed by atoms with E-state index < -0.39 is 17.2 Å². The Bertz CT molecular complexity index is 535. The Morgan fingerprint density at radius 3 is 2.50 bits per heavy atom. The van der Waals surface area contributed by atoms with Gasteiger partial charge in [0.05, 0.1) is 11.2 Å². The lowest BCUT2D eigenvalue weighted by molar-refractivity contribution is -0.128. The van der Waals surface area contributed by atoms with Crippen LogP contribution in [0.2, 0.25) is 0 Å². The second-order valence-electron chi connectivity index (χ2n) is 6.58. The number of halogens is 2. The second kappa shape index (κ2) is 4.92. The van der Waals surface area contributed by atoms with E-state index in [4.69, 9.17) is 4.74 Å². The fraction of sp³-hybridized carbons (Fsp3) is 0.562. The average Bonchev–Trinajstić information content (AvgIpc) is 2.53. The van der Waals surface area contributed by atoms with Crippen LogP contribution in [0.4, 0.5) is 8.78 Å². The van der Waals surface area contributed by atoms with Gasteiger partial charge in [-0.15, -0.1) is 0 Å². The van der Waals surface area contributed by atoms with Gasteiger partial charge in [-0.1, -0.05) is 12.1 Å². The Morgan fingerprint density at radius 2 is 1.95 bits per heavy atom. The van der Waals surface area contributed by atoms with Gasteiger partial charge in [-0.2, -0.15) is 0 Å². The van der Waals surface area contributed by atoms with Gasteiger partial charge in [-0.25, -0.2) is 8.78 Å². The third-order valence-corrected chi connectivity index (χ3v) is 3.86. The second-order valence-corrected chi connectivity index (χ2v) is 6.58. The number of carbonyl (C=O) groups excluding carboxylic acids is 1. The van der Waals surface area contributed by atoms with Crippen LogP contribution in [-0.4, -0.2) is 17.0 Å². The normalized spacial score (nSPS) is 23.8. The maximum atomic E-state index is 13.6. The van der Waals surface area contributed by atoms with Gasteiger partial charge in [0.25, 0.3) is 0 Å². The molecule has 0 bridgehead atoms. The van der Waals surface area contributed by atoms with Crippen molar-refractivity contribution in [1.29, 1.82) is 0 Å². The van der Waals surface area contributed by atoms with Gasteiger partial charge in [0.1, 0.15) is 5.78 Å². The predicted octanol–water partition coefficient (Wildman–Crippen LogP) is 3.67. The predicted molar refractivity (Wildman–Crippen MR) is 72.4 cm³/mol. The van der Waals surface area contributed by atoms with E-state index in [1.165, 1.54) is 12.1 Å². The van der Waals surface area contributed by atoms with Crippen LogP contribution in [0.15, 0.2) is 18.2 Å². The summed E-state index contributed by atoms with van der Waals surface area (Å²) in [4.78, 5) is 12.4. The monoisotopic (exact) mass is 282 g/mol. The Balaban J connectivity index is 2.19. The first-order valence-electron chi connectivity index (χ1n) is 6.78. The Kier molecular flexibility index (Phi) is 3.71. The number of hydrogen-bond acceptors (Lipinski definition) is 2. The van der Waals surface area contributed by atoms with Gasteiger partial charge in [0, 0.05) is 12.3 Å². The topological polar surface area (TPSA) is 26.3 Å². The highest BCUT2D eigenvalue weighted by Crippen LogP contribution is 2.42. The smallest absolute Gasteiger partial charge is 0.162 e. The lowest BCUT2D eigenvalue weighted by atomic mass is 9.82. The molecule has 0 amide bonds. The highest BCUT2D eigenvalue weighted by molar-refractivity contribution is 5.84. The van der Waals surface area contributed by atoms with Crippen LogP contribution >= 0.6 is 0 Å². The molecule has 0 radical (unpaired) electrons. The molecule has 1 aromatic carbocycles. The molecule has 4 heteroatoms. The third kappa shape index (κ3) is 2.90. The van der Waals surface area contributed by atoms with E-state index in [9.17, 15) is 13.6 Å². The van der Waals surface area contributed by atoms with Crippen LogP contribution in [0.25, 0.3) is 0 Å². The minimum Gasteiger partial charge on any atom is -0.369 e. The Morgan fingerprint density at radius 1 is 1.30 bits per heavy atom. The average molecular weight is 282 g/mol. The van der Waals surface area contributed by atoms with Crippen molar-refractivity contribution in [3.05, 3.63) is 35.4 Å². The van der Waals surface area contributed by atoms with Crippen molar-refractivity contribution in [3.63, 3.8) is 0 Å². The summed E-state index contributed by atoms with van der Waals surface area (Å²) in [5.74, 6) is -2.26. The number of ketones is 1. The third-order valence-electron chi connectivity index (χ3n) is 3.86. The fourth-order valence-corrected chi connectivity index (χ4v) is 3.06. The van der Waals surface area contributed by atoms with Gasteiger partial charge >= 0.3 is 0 Å². The maximum absolute atomic E-state index is 13.6. The van der Waals surface area contributed by atoms with Crippen molar-refractivity contribution in [1.82, 2.24) is 0 Å². The maximum Gasteiger partial charge on any atom is 0.162 e. The number of hydrogen-bond donors (Lipinski definition) is 0. The summed E-state index contributed by atoms with van der Waals surface area (Å²) in [7, 11) is 0. The molecule has 0 N–H and O–H groups in total. The number of ether oxygens (including phenoxy) is 1. The molecule has 1 aliphatic rings. The van der Waals surface area contributed by atoms with Crippen LogP contribution in [0.5, 0.6) is 0 Å². The molecule has 1 aromatic rings. The summed E-state index contributed by atoms with van der Waals surface area (Å²) < 4.78 is 32.7. The van der Waals surface area contributed by atoms with E-state index in [1.54, 1.807) is 0 Å². The first-order valence-corrected chi connectivity index (χ1v) is 6.78. The van der Waals surface area contributed by atoms with Gasteiger partial charge in [0.2, 0.25) is 0 Å². The number of Topliss-reactive ketones (excluding diaryl/α,β-unsaturated/α-hetero) is 1. The summed E-state index contributed by atoms with van der Waals surface area (Å²) in [6.45, 7) is 7.61. The van der Waals surface area contributed by atoms with Crippen molar-refractivity contribution in [3.8, 4) is 0 Å². The molecule has 110 valence electrons. The zero-order valence-corrected chi connectivity index (χ0v) is 12.3. The van der Waals surface area contributed by atoms with Crippen LogP contribution in [0, 0.1) is 17.6 Å². The van der Waals surface area contributed by atoms with Gasteiger partial charge in [-0.05, 0) is 45.7 Å². The minimum atomic E-state index is -0.933. The molecule has 1 saturated heterocycles. The zero-order chi connectivity index (χ0) is 15.1. The molecule has 1 unspecified atom stereocenters. The van der Waals surface area contributed by atoms with Gasteiger partial charge < -0.3 is 4.74 Å². The first-order chi connectivity index (χ1) is 9.12. The quantitative estimate of drug-likeness (QED) is 0.845. The van der Waals surface area contributed by atoms with Crippen molar-refractivity contribution >= 4 is 5.78 Å². The van der Waals surface area contributed by atoms with Gasteiger partial charge in [0.15, 0.2) is 11.6 Å². The summed E-state index contributed by atoms with van der Waals surface area (Å²) in [6, 6.07) is 3.92. The molecule has 2 nitrogen and oxygen atoms in total. The zero-order valence-electron chi connectivity index (χ0n) is 12.3. The standard InChI is InChI=1S/C16H20F2O2/c1-15(2)9-11(16(3,4)20-15)13(19)8-10-6-5-7-12(17)14(10)18/h5-7,11H,8-9H2,1-4H3. The lowest BCUT2D eigenvalue weighted by Gasteiger charge is -2.26.